The molecule has 0 bridgehead atoms. The maximum atomic E-state index is 8.94. The molecule has 0 radical (unpaired) electrons. The SMILES string of the molecule is CC1CCN(c2ccc(Br)cc2/C(N)=N/O)C(C)C1. The van der Waals surface area contributed by atoms with Gasteiger partial charge in [-0.25, -0.2) is 0 Å². The van der Waals surface area contributed by atoms with E-state index in [4.69, 9.17) is 10.9 Å². The lowest BCUT2D eigenvalue weighted by Crippen LogP contribution is -2.41. The number of anilines is 1. The summed E-state index contributed by atoms with van der Waals surface area (Å²) in [5.41, 5.74) is 7.61. The first-order valence-corrected chi connectivity index (χ1v) is 7.36. The van der Waals surface area contributed by atoms with E-state index in [0.717, 1.165) is 28.2 Å². The Bertz CT molecular complexity index is 490. The molecule has 1 saturated heterocycles. The van der Waals surface area contributed by atoms with Crippen molar-refractivity contribution < 1.29 is 5.21 Å². The fourth-order valence-corrected chi connectivity index (χ4v) is 3.14. The number of amidine groups is 1. The summed E-state index contributed by atoms with van der Waals surface area (Å²) in [6, 6.07) is 6.39. The van der Waals surface area contributed by atoms with Crippen molar-refractivity contribution in [3.05, 3.63) is 28.2 Å². The van der Waals surface area contributed by atoms with Gasteiger partial charge in [0.25, 0.3) is 0 Å². The van der Waals surface area contributed by atoms with Crippen molar-refractivity contribution in [3.8, 4) is 0 Å². The van der Waals surface area contributed by atoms with E-state index >= 15 is 0 Å². The minimum atomic E-state index is 0.155. The van der Waals surface area contributed by atoms with E-state index in [-0.39, 0.29) is 5.84 Å². The summed E-state index contributed by atoms with van der Waals surface area (Å²) in [5, 5.41) is 12.1. The summed E-state index contributed by atoms with van der Waals surface area (Å²) in [5.74, 6) is 0.913. The van der Waals surface area contributed by atoms with Gasteiger partial charge in [0.05, 0.1) is 0 Å². The van der Waals surface area contributed by atoms with Crippen LogP contribution in [0.4, 0.5) is 5.69 Å². The number of hydrogen-bond donors (Lipinski definition) is 2. The van der Waals surface area contributed by atoms with Crippen LogP contribution in [0, 0.1) is 5.92 Å². The van der Waals surface area contributed by atoms with Crippen LogP contribution >= 0.6 is 15.9 Å². The Hall–Kier alpha value is -1.23. The van der Waals surface area contributed by atoms with Crippen molar-refractivity contribution in [1.82, 2.24) is 0 Å². The molecule has 5 heteroatoms. The highest BCUT2D eigenvalue weighted by Crippen LogP contribution is 2.31. The lowest BCUT2D eigenvalue weighted by molar-refractivity contribution is 0.318. The second-order valence-corrected chi connectivity index (χ2v) is 6.23. The van der Waals surface area contributed by atoms with Gasteiger partial charge in [-0.2, -0.15) is 0 Å². The lowest BCUT2D eigenvalue weighted by Gasteiger charge is -2.39. The summed E-state index contributed by atoms with van der Waals surface area (Å²) in [6.45, 7) is 5.53. The summed E-state index contributed by atoms with van der Waals surface area (Å²) < 4.78 is 0.927. The van der Waals surface area contributed by atoms with Gasteiger partial charge >= 0.3 is 0 Å². The molecule has 1 aliphatic heterocycles. The van der Waals surface area contributed by atoms with E-state index in [1.807, 2.05) is 18.2 Å². The number of benzene rings is 1. The van der Waals surface area contributed by atoms with Gasteiger partial charge in [-0.1, -0.05) is 28.0 Å². The first-order valence-electron chi connectivity index (χ1n) is 6.57. The molecule has 0 aliphatic carbocycles. The van der Waals surface area contributed by atoms with Gasteiger partial charge in [-0.15, -0.1) is 0 Å². The predicted octanol–water partition coefficient (Wildman–Crippen LogP) is 3.17. The molecule has 3 N–H and O–H groups in total. The van der Waals surface area contributed by atoms with Crippen molar-refractivity contribution >= 4 is 27.5 Å². The predicted molar refractivity (Wildman–Crippen MR) is 81.9 cm³/mol. The van der Waals surface area contributed by atoms with Crippen LogP contribution in [0.25, 0.3) is 0 Å². The van der Waals surface area contributed by atoms with Gasteiger partial charge in [-0.3, -0.25) is 0 Å². The van der Waals surface area contributed by atoms with E-state index in [1.165, 1.54) is 12.8 Å². The zero-order chi connectivity index (χ0) is 14.0. The molecule has 104 valence electrons. The fourth-order valence-electron chi connectivity index (χ4n) is 2.78. The highest BCUT2D eigenvalue weighted by Gasteiger charge is 2.25. The number of nitrogens with two attached hydrogens (primary N) is 1. The van der Waals surface area contributed by atoms with Crippen LogP contribution in [0.3, 0.4) is 0 Å². The Morgan fingerprint density at radius 2 is 2.21 bits per heavy atom. The average Bonchev–Trinajstić information content (AvgIpc) is 2.38. The topological polar surface area (TPSA) is 61.8 Å². The normalized spacial score (nSPS) is 24.6. The number of nitrogens with zero attached hydrogens (tertiary/aromatic N) is 2. The van der Waals surface area contributed by atoms with Crippen molar-refractivity contribution in [2.45, 2.75) is 32.7 Å². The monoisotopic (exact) mass is 325 g/mol. The maximum absolute atomic E-state index is 8.94. The van der Waals surface area contributed by atoms with E-state index < -0.39 is 0 Å². The largest absolute Gasteiger partial charge is 0.409 e. The van der Waals surface area contributed by atoms with E-state index in [0.29, 0.717) is 6.04 Å². The molecule has 2 unspecified atom stereocenters. The first-order chi connectivity index (χ1) is 9.02. The molecule has 1 fully saturated rings. The van der Waals surface area contributed by atoms with Crippen LogP contribution in [0.2, 0.25) is 0 Å². The Balaban J connectivity index is 2.39. The second-order valence-electron chi connectivity index (χ2n) is 5.32. The summed E-state index contributed by atoms with van der Waals surface area (Å²) in [7, 11) is 0. The Morgan fingerprint density at radius 1 is 1.47 bits per heavy atom. The van der Waals surface area contributed by atoms with E-state index in [1.54, 1.807) is 0 Å². The van der Waals surface area contributed by atoms with Crippen LogP contribution < -0.4 is 10.6 Å². The van der Waals surface area contributed by atoms with Crippen LogP contribution in [0.1, 0.15) is 32.3 Å². The highest BCUT2D eigenvalue weighted by atomic mass is 79.9. The quantitative estimate of drug-likeness (QED) is 0.380. The number of piperidine rings is 1. The minimum Gasteiger partial charge on any atom is -0.409 e. The third kappa shape index (κ3) is 3.03. The molecule has 1 aromatic carbocycles. The molecule has 19 heavy (non-hydrogen) atoms. The summed E-state index contributed by atoms with van der Waals surface area (Å²) in [4.78, 5) is 2.35. The lowest BCUT2D eigenvalue weighted by atomic mass is 9.92. The number of halogens is 1. The molecule has 2 rings (SSSR count). The molecule has 0 saturated carbocycles. The molecular formula is C14H20BrN3O. The molecular weight excluding hydrogens is 306 g/mol. The maximum Gasteiger partial charge on any atom is 0.172 e. The van der Waals surface area contributed by atoms with Gasteiger partial charge < -0.3 is 15.8 Å². The van der Waals surface area contributed by atoms with Gasteiger partial charge in [0.1, 0.15) is 0 Å². The van der Waals surface area contributed by atoms with Crippen LogP contribution in [0.15, 0.2) is 27.8 Å². The van der Waals surface area contributed by atoms with Crippen LogP contribution in [-0.2, 0) is 0 Å². The Kier molecular flexibility index (Phi) is 4.34. The van der Waals surface area contributed by atoms with Crippen molar-refractivity contribution in [2.24, 2.45) is 16.8 Å². The molecule has 1 heterocycles. The van der Waals surface area contributed by atoms with Crippen molar-refractivity contribution in [2.75, 3.05) is 11.4 Å². The van der Waals surface area contributed by atoms with Gasteiger partial charge in [0.2, 0.25) is 0 Å². The number of rotatable bonds is 2. The minimum absolute atomic E-state index is 0.155. The smallest absolute Gasteiger partial charge is 0.172 e. The third-order valence-corrected chi connectivity index (χ3v) is 4.28. The zero-order valence-electron chi connectivity index (χ0n) is 11.3. The molecule has 0 aromatic heterocycles. The molecule has 2 atom stereocenters. The number of oxime groups is 1. The standard InChI is InChI=1S/C14H20BrN3O/c1-9-5-6-18(10(2)7-9)13-4-3-11(15)8-12(13)14(16)17-19/h3-4,8-10,19H,5-7H2,1-2H3,(H2,16,17). The molecule has 0 spiro atoms. The summed E-state index contributed by atoms with van der Waals surface area (Å²) >= 11 is 3.43. The second kappa shape index (κ2) is 5.82. The number of hydrogen-bond acceptors (Lipinski definition) is 3. The molecule has 1 aromatic rings. The van der Waals surface area contributed by atoms with Crippen molar-refractivity contribution in [1.29, 1.82) is 0 Å². The first kappa shape index (κ1) is 14.2. The average molecular weight is 326 g/mol. The van der Waals surface area contributed by atoms with E-state index in [2.05, 4.69) is 39.8 Å². The van der Waals surface area contributed by atoms with Crippen molar-refractivity contribution in [3.63, 3.8) is 0 Å². The van der Waals surface area contributed by atoms with Gasteiger partial charge in [0.15, 0.2) is 5.84 Å². The Labute approximate surface area is 122 Å². The van der Waals surface area contributed by atoms with E-state index in [9.17, 15) is 0 Å². The summed E-state index contributed by atoms with van der Waals surface area (Å²) in [6.07, 6.45) is 2.35. The Morgan fingerprint density at radius 3 is 2.84 bits per heavy atom. The fraction of sp³-hybridized carbons (Fsp3) is 0.500. The molecule has 1 aliphatic rings. The third-order valence-electron chi connectivity index (χ3n) is 3.79. The zero-order valence-corrected chi connectivity index (χ0v) is 12.9. The van der Waals surface area contributed by atoms with Gasteiger partial charge in [-0.05, 0) is 43.9 Å². The van der Waals surface area contributed by atoms with Crippen LogP contribution in [-0.4, -0.2) is 23.6 Å². The molecule has 4 nitrogen and oxygen atoms in total. The highest BCUT2D eigenvalue weighted by molar-refractivity contribution is 9.10. The van der Waals surface area contributed by atoms with Crippen LogP contribution in [0.5, 0.6) is 0 Å². The molecule has 0 amide bonds. The van der Waals surface area contributed by atoms with Gasteiger partial charge in [0, 0.05) is 28.3 Å².